The maximum atomic E-state index is 5.69. The lowest BCUT2D eigenvalue weighted by atomic mass is 9.95. The van der Waals surface area contributed by atoms with Crippen molar-refractivity contribution in [1.82, 2.24) is 9.97 Å². The first-order valence-electron chi connectivity index (χ1n) is 6.55. The van der Waals surface area contributed by atoms with Crippen molar-refractivity contribution in [3.8, 4) is 18.2 Å². The molecule has 0 amide bonds. The van der Waals surface area contributed by atoms with Crippen molar-refractivity contribution in [2.75, 3.05) is 11.9 Å². The van der Waals surface area contributed by atoms with Gasteiger partial charge < -0.3 is 10.1 Å². The SMILES string of the molecule is C#CC(C)Oc1nc(C(C)(C)C)nc(NCC)c1C. The van der Waals surface area contributed by atoms with Gasteiger partial charge in [0, 0.05) is 12.0 Å². The molecule has 0 aliphatic rings. The van der Waals surface area contributed by atoms with Crippen molar-refractivity contribution < 1.29 is 4.74 Å². The molecule has 0 fully saturated rings. The van der Waals surface area contributed by atoms with Crippen LogP contribution in [0.1, 0.15) is 46.0 Å². The van der Waals surface area contributed by atoms with E-state index in [-0.39, 0.29) is 11.5 Å². The fraction of sp³-hybridized carbons (Fsp3) is 0.600. The molecular weight excluding hydrogens is 238 g/mol. The smallest absolute Gasteiger partial charge is 0.223 e. The third kappa shape index (κ3) is 3.85. The second kappa shape index (κ2) is 5.92. The summed E-state index contributed by atoms with van der Waals surface area (Å²) in [5.74, 6) is 4.65. The lowest BCUT2D eigenvalue weighted by Crippen LogP contribution is -2.20. The molecule has 0 aliphatic carbocycles. The summed E-state index contributed by atoms with van der Waals surface area (Å²) in [7, 11) is 0. The van der Waals surface area contributed by atoms with Gasteiger partial charge in [-0.3, -0.25) is 0 Å². The van der Waals surface area contributed by atoms with E-state index in [1.165, 1.54) is 0 Å². The van der Waals surface area contributed by atoms with Crippen LogP contribution in [0.15, 0.2) is 0 Å². The van der Waals surface area contributed by atoms with Crippen LogP contribution < -0.4 is 10.1 Å². The molecule has 0 saturated heterocycles. The summed E-state index contributed by atoms with van der Waals surface area (Å²) in [6.45, 7) is 12.8. The monoisotopic (exact) mass is 261 g/mol. The second-order valence-corrected chi connectivity index (χ2v) is 5.53. The summed E-state index contributed by atoms with van der Waals surface area (Å²) in [6, 6.07) is 0. The Kier molecular flexibility index (Phi) is 4.77. The molecule has 19 heavy (non-hydrogen) atoms. The highest BCUT2D eigenvalue weighted by Gasteiger charge is 2.22. The summed E-state index contributed by atoms with van der Waals surface area (Å²) in [4.78, 5) is 9.08. The molecule has 1 unspecified atom stereocenters. The Balaban J connectivity index is 3.28. The number of hydrogen-bond donors (Lipinski definition) is 1. The molecule has 4 heteroatoms. The number of anilines is 1. The Morgan fingerprint density at radius 3 is 2.47 bits per heavy atom. The van der Waals surface area contributed by atoms with Gasteiger partial charge in [0.25, 0.3) is 0 Å². The van der Waals surface area contributed by atoms with E-state index in [1.54, 1.807) is 0 Å². The maximum absolute atomic E-state index is 5.69. The Morgan fingerprint density at radius 1 is 1.37 bits per heavy atom. The highest BCUT2D eigenvalue weighted by molar-refractivity contribution is 5.49. The van der Waals surface area contributed by atoms with E-state index in [4.69, 9.17) is 11.2 Å². The van der Waals surface area contributed by atoms with E-state index < -0.39 is 0 Å². The zero-order valence-corrected chi connectivity index (χ0v) is 12.7. The van der Waals surface area contributed by atoms with Crippen LogP contribution in [0, 0.1) is 19.3 Å². The normalized spacial score (nSPS) is 12.7. The average Bonchev–Trinajstić information content (AvgIpc) is 2.32. The molecule has 104 valence electrons. The highest BCUT2D eigenvalue weighted by Crippen LogP contribution is 2.28. The first-order valence-corrected chi connectivity index (χ1v) is 6.55. The lowest BCUT2D eigenvalue weighted by molar-refractivity contribution is 0.263. The number of nitrogens with zero attached hydrogens (tertiary/aromatic N) is 2. The molecule has 1 N–H and O–H groups in total. The third-order valence-electron chi connectivity index (χ3n) is 2.64. The van der Waals surface area contributed by atoms with E-state index in [0.717, 1.165) is 23.8 Å². The minimum atomic E-state index is -0.309. The first-order chi connectivity index (χ1) is 8.79. The Morgan fingerprint density at radius 2 is 2.00 bits per heavy atom. The predicted molar refractivity (Wildman–Crippen MR) is 78.6 cm³/mol. The third-order valence-corrected chi connectivity index (χ3v) is 2.64. The van der Waals surface area contributed by atoms with Crippen LogP contribution in [0.25, 0.3) is 0 Å². The maximum Gasteiger partial charge on any atom is 0.223 e. The average molecular weight is 261 g/mol. The van der Waals surface area contributed by atoms with Gasteiger partial charge in [0.15, 0.2) is 6.10 Å². The van der Waals surface area contributed by atoms with Crippen molar-refractivity contribution in [1.29, 1.82) is 0 Å². The van der Waals surface area contributed by atoms with Crippen LogP contribution in [0.5, 0.6) is 5.88 Å². The van der Waals surface area contributed by atoms with Crippen LogP contribution >= 0.6 is 0 Å². The van der Waals surface area contributed by atoms with Crippen molar-refractivity contribution in [3.05, 3.63) is 11.4 Å². The number of ether oxygens (including phenoxy) is 1. The van der Waals surface area contributed by atoms with Gasteiger partial charge in [-0.2, -0.15) is 4.98 Å². The number of nitrogens with one attached hydrogen (secondary N) is 1. The summed E-state index contributed by atoms with van der Waals surface area (Å²) in [5, 5.41) is 3.24. The quantitative estimate of drug-likeness (QED) is 0.847. The van der Waals surface area contributed by atoms with Crippen molar-refractivity contribution >= 4 is 5.82 Å². The molecule has 1 aromatic heterocycles. The van der Waals surface area contributed by atoms with Gasteiger partial charge in [-0.15, -0.1) is 6.42 Å². The minimum Gasteiger partial charge on any atom is -0.461 e. The molecule has 1 heterocycles. The summed E-state index contributed by atoms with van der Waals surface area (Å²) in [6.07, 6.45) is 5.05. The van der Waals surface area contributed by atoms with Gasteiger partial charge in [-0.1, -0.05) is 26.7 Å². The second-order valence-electron chi connectivity index (χ2n) is 5.53. The molecular formula is C15H23N3O. The first kappa shape index (κ1) is 15.3. The molecule has 1 rings (SSSR count). The number of hydrogen-bond acceptors (Lipinski definition) is 4. The Bertz CT molecular complexity index is 483. The molecule has 4 nitrogen and oxygen atoms in total. The Labute approximate surface area is 116 Å². The largest absolute Gasteiger partial charge is 0.461 e. The van der Waals surface area contributed by atoms with Gasteiger partial charge in [0.2, 0.25) is 5.88 Å². The highest BCUT2D eigenvalue weighted by atomic mass is 16.5. The van der Waals surface area contributed by atoms with Gasteiger partial charge in [-0.25, -0.2) is 4.98 Å². The molecule has 0 saturated carbocycles. The van der Waals surface area contributed by atoms with Crippen molar-refractivity contribution in [2.45, 2.75) is 53.1 Å². The molecule has 0 aliphatic heterocycles. The van der Waals surface area contributed by atoms with Gasteiger partial charge in [0.1, 0.15) is 11.6 Å². The molecule has 0 bridgehead atoms. The number of rotatable bonds is 4. The van der Waals surface area contributed by atoms with Crippen LogP contribution in [0.4, 0.5) is 5.82 Å². The molecule has 0 aromatic carbocycles. The molecule has 0 radical (unpaired) electrons. The van der Waals surface area contributed by atoms with Crippen LogP contribution in [0.3, 0.4) is 0 Å². The molecule has 1 aromatic rings. The van der Waals surface area contributed by atoms with Crippen LogP contribution in [-0.2, 0) is 5.41 Å². The lowest BCUT2D eigenvalue weighted by Gasteiger charge is -2.21. The zero-order chi connectivity index (χ0) is 14.6. The zero-order valence-electron chi connectivity index (χ0n) is 12.7. The van der Waals surface area contributed by atoms with Gasteiger partial charge in [-0.05, 0) is 20.8 Å². The van der Waals surface area contributed by atoms with Gasteiger partial charge >= 0.3 is 0 Å². The Hall–Kier alpha value is -1.76. The van der Waals surface area contributed by atoms with Crippen molar-refractivity contribution in [3.63, 3.8) is 0 Å². The number of aromatic nitrogens is 2. The summed E-state index contributed by atoms with van der Waals surface area (Å²) in [5.41, 5.74) is 0.743. The predicted octanol–water partition coefficient (Wildman–Crippen LogP) is 2.91. The van der Waals surface area contributed by atoms with E-state index in [1.807, 2.05) is 20.8 Å². The van der Waals surface area contributed by atoms with E-state index in [2.05, 4.69) is 42.0 Å². The summed E-state index contributed by atoms with van der Waals surface area (Å²) < 4.78 is 5.69. The fourth-order valence-corrected chi connectivity index (χ4v) is 1.49. The van der Waals surface area contributed by atoms with E-state index >= 15 is 0 Å². The van der Waals surface area contributed by atoms with Gasteiger partial charge in [0.05, 0.1) is 5.56 Å². The molecule has 0 spiro atoms. The van der Waals surface area contributed by atoms with E-state index in [0.29, 0.717) is 5.88 Å². The van der Waals surface area contributed by atoms with E-state index in [9.17, 15) is 0 Å². The van der Waals surface area contributed by atoms with Crippen LogP contribution in [-0.4, -0.2) is 22.6 Å². The number of terminal acetylenes is 1. The van der Waals surface area contributed by atoms with Crippen LogP contribution in [0.2, 0.25) is 0 Å². The minimum absolute atomic E-state index is 0.143. The summed E-state index contributed by atoms with van der Waals surface area (Å²) >= 11 is 0. The molecule has 1 atom stereocenters. The fourth-order valence-electron chi connectivity index (χ4n) is 1.49. The topological polar surface area (TPSA) is 47.0 Å². The standard InChI is InChI=1S/C15H23N3O/c1-8-10(3)19-13-11(4)12(16-9-2)17-14(18-13)15(5,6)7/h1,10H,9H2,2-7H3,(H,16,17,18). The van der Waals surface area contributed by atoms with Crippen molar-refractivity contribution in [2.24, 2.45) is 0 Å².